The van der Waals surface area contributed by atoms with E-state index < -0.39 is 0 Å². The van der Waals surface area contributed by atoms with Crippen molar-refractivity contribution in [3.8, 4) is 0 Å². The second-order valence-corrected chi connectivity index (χ2v) is 4.28. The Morgan fingerprint density at radius 3 is 2.76 bits per heavy atom. The van der Waals surface area contributed by atoms with Gasteiger partial charge < -0.3 is 10.1 Å². The topological polar surface area (TPSA) is 64.4 Å². The van der Waals surface area contributed by atoms with Crippen molar-refractivity contribution in [2.24, 2.45) is 5.92 Å². The Kier molecular flexibility index (Phi) is 3.71. The normalized spacial score (nSPS) is 23.8. The van der Waals surface area contributed by atoms with Crippen molar-refractivity contribution >= 4 is 5.69 Å². The quantitative estimate of drug-likeness (QED) is 0.640. The fraction of sp³-hybridized carbons (Fsp3) is 0.500. The highest BCUT2D eigenvalue weighted by Gasteiger charge is 2.28. The molecule has 5 nitrogen and oxygen atoms in total. The first-order valence-corrected chi connectivity index (χ1v) is 5.69. The maximum absolute atomic E-state index is 10.6. The summed E-state index contributed by atoms with van der Waals surface area (Å²) in [5, 5.41) is 14.0. The van der Waals surface area contributed by atoms with Gasteiger partial charge in [-0.1, -0.05) is 12.1 Å². The molecule has 1 fully saturated rings. The summed E-state index contributed by atoms with van der Waals surface area (Å²) in [7, 11) is 1.70. The minimum atomic E-state index is -0.376. The lowest BCUT2D eigenvalue weighted by Gasteiger charge is -2.18. The van der Waals surface area contributed by atoms with Crippen LogP contribution in [0.25, 0.3) is 0 Å². The van der Waals surface area contributed by atoms with Gasteiger partial charge in [0.15, 0.2) is 0 Å². The van der Waals surface area contributed by atoms with Crippen molar-refractivity contribution in [2.45, 2.75) is 12.5 Å². The van der Waals surface area contributed by atoms with E-state index in [2.05, 4.69) is 5.32 Å². The SMILES string of the molecule is COCC1CCNC1c1ccc([N+](=O)[O-])cc1. The molecule has 1 aliphatic rings. The van der Waals surface area contributed by atoms with Crippen LogP contribution >= 0.6 is 0 Å². The summed E-state index contributed by atoms with van der Waals surface area (Å²) in [4.78, 5) is 10.2. The third-order valence-electron chi connectivity index (χ3n) is 3.19. The van der Waals surface area contributed by atoms with Gasteiger partial charge in [0, 0.05) is 31.2 Å². The molecule has 0 amide bonds. The summed E-state index contributed by atoms with van der Waals surface area (Å²) < 4.78 is 5.19. The van der Waals surface area contributed by atoms with E-state index in [1.54, 1.807) is 19.2 Å². The van der Waals surface area contributed by atoms with Crippen molar-refractivity contribution in [1.82, 2.24) is 5.32 Å². The number of nitro benzene ring substituents is 1. The average Bonchev–Trinajstić information content (AvgIpc) is 2.78. The maximum Gasteiger partial charge on any atom is 0.269 e. The van der Waals surface area contributed by atoms with Crippen molar-refractivity contribution < 1.29 is 9.66 Å². The van der Waals surface area contributed by atoms with Crippen LogP contribution < -0.4 is 5.32 Å². The summed E-state index contributed by atoms with van der Waals surface area (Å²) in [6, 6.07) is 7.00. The van der Waals surface area contributed by atoms with Gasteiger partial charge in [0.05, 0.1) is 11.5 Å². The van der Waals surface area contributed by atoms with Crippen LogP contribution in [-0.2, 0) is 4.74 Å². The number of nitrogens with zero attached hydrogens (tertiary/aromatic N) is 1. The smallest absolute Gasteiger partial charge is 0.269 e. The molecular formula is C12H16N2O3. The van der Waals surface area contributed by atoms with Crippen LogP contribution in [-0.4, -0.2) is 25.2 Å². The van der Waals surface area contributed by atoms with Gasteiger partial charge in [0.1, 0.15) is 0 Å². The van der Waals surface area contributed by atoms with Crippen molar-refractivity contribution in [2.75, 3.05) is 20.3 Å². The summed E-state index contributed by atoms with van der Waals surface area (Å²) in [5.41, 5.74) is 1.23. The number of methoxy groups -OCH3 is 1. The summed E-state index contributed by atoms with van der Waals surface area (Å²) in [5.74, 6) is 0.446. The Balaban J connectivity index is 2.13. The monoisotopic (exact) mass is 236 g/mol. The molecule has 17 heavy (non-hydrogen) atoms. The number of non-ortho nitro benzene ring substituents is 1. The van der Waals surface area contributed by atoms with Gasteiger partial charge in [-0.15, -0.1) is 0 Å². The highest BCUT2D eigenvalue weighted by Crippen LogP contribution is 2.30. The Morgan fingerprint density at radius 2 is 2.18 bits per heavy atom. The third kappa shape index (κ3) is 2.62. The minimum Gasteiger partial charge on any atom is -0.384 e. The van der Waals surface area contributed by atoms with Crippen LogP contribution in [0.2, 0.25) is 0 Å². The number of rotatable bonds is 4. The summed E-state index contributed by atoms with van der Waals surface area (Å²) >= 11 is 0. The van der Waals surface area contributed by atoms with Gasteiger partial charge in [0.2, 0.25) is 0 Å². The lowest BCUT2D eigenvalue weighted by molar-refractivity contribution is -0.384. The van der Waals surface area contributed by atoms with Gasteiger partial charge in [-0.2, -0.15) is 0 Å². The molecular weight excluding hydrogens is 220 g/mol. The molecule has 0 aromatic heterocycles. The molecule has 1 aliphatic heterocycles. The molecule has 92 valence electrons. The maximum atomic E-state index is 10.6. The van der Waals surface area contributed by atoms with E-state index in [0.717, 1.165) is 18.5 Å². The first-order chi connectivity index (χ1) is 8.22. The number of ether oxygens (including phenoxy) is 1. The van der Waals surface area contributed by atoms with Crippen molar-refractivity contribution in [3.05, 3.63) is 39.9 Å². The number of nitrogens with one attached hydrogen (secondary N) is 1. The lowest BCUT2D eigenvalue weighted by Crippen LogP contribution is -2.20. The van der Waals surface area contributed by atoms with Crippen molar-refractivity contribution in [1.29, 1.82) is 0 Å². The standard InChI is InChI=1S/C12H16N2O3/c1-17-8-10-6-7-13-12(10)9-2-4-11(5-3-9)14(15)16/h2-5,10,12-13H,6-8H2,1H3. The number of hydrogen-bond acceptors (Lipinski definition) is 4. The van der Waals surface area contributed by atoms with Crippen LogP contribution in [0.4, 0.5) is 5.69 Å². The third-order valence-corrected chi connectivity index (χ3v) is 3.19. The average molecular weight is 236 g/mol. The minimum absolute atomic E-state index is 0.134. The molecule has 1 saturated heterocycles. The predicted octanol–water partition coefficient (Wildman–Crippen LogP) is 1.89. The van der Waals surface area contributed by atoms with E-state index in [0.29, 0.717) is 12.5 Å². The van der Waals surface area contributed by atoms with Gasteiger partial charge in [-0.25, -0.2) is 0 Å². The Hall–Kier alpha value is -1.46. The molecule has 1 aromatic carbocycles. The van der Waals surface area contributed by atoms with Crippen LogP contribution in [0.1, 0.15) is 18.0 Å². The fourth-order valence-electron chi connectivity index (χ4n) is 2.34. The van der Waals surface area contributed by atoms with Gasteiger partial charge in [-0.05, 0) is 18.5 Å². The molecule has 5 heteroatoms. The zero-order valence-electron chi connectivity index (χ0n) is 9.76. The Labute approximate surface area is 99.9 Å². The largest absolute Gasteiger partial charge is 0.384 e. The lowest BCUT2D eigenvalue weighted by atomic mass is 9.95. The molecule has 0 aliphatic carbocycles. The predicted molar refractivity (Wildman–Crippen MR) is 63.8 cm³/mol. The molecule has 2 rings (SSSR count). The molecule has 1 heterocycles. The number of hydrogen-bond donors (Lipinski definition) is 1. The number of benzene rings is 1. The van der Waals surface area contributed by atoms with Gasteiger partial charge in [-0.3, -0.25) is 10.1 Å². The van der Waals surface area contributed by atoms with Crippen LogP contribution in [0.5, 0.6) is 0 Å². The number of nitro groups is 1. The van der Waals surface area contributed by atoms with Gasteiger partial charge >= 0.3 is 0 Å². The van der Waals surface area contributed by atoms with E-state index in [1.807, 2.05) is 12.1 Å². The van der Waals surface area contributed by atoms with E-state index >= 15 is 0 Å². The molecule has 0 radical (unpaired) electrons. The van der Waals surface area contributed by atoms with Crippen LogP contribution in [0.3, 0.4) is 0 Å². The summed E-state index contributed by atoms with van der Waals surface area (Å²) in [6.45, 7) is 1.68. The summed E-state index contributed by atoms with van der Waals surface area (Å²) in [6.07, 6.45) is 1.08. The van der Waals surface area contributed by atoms with E-state index in [-0.39, 0.29) is 16.7 Å². The van der Waals surface area contributed by atoms with Crippen LogP contribution in [0.15, 0.2) is 24.3 Å². The van der Waals surface area contributed by atoms with E-state index in [9.17, 15) is 10.1 Å². The highest BCUT2D eigenvalue weighted by molar-refractivity contribution is 5.34. The zero-order chi connectivity index (χ0) is 12.3. The van der Waals surface area contributed by atoms with E-state index in [4.69, 9.17) is 4.74 Å². The molecule has 1 aromatic rings. The Morgan fingerprint density at radius 1 is 1.47 bits per heavy atom. The first kappa shape index (κ1) is 12.0. The Bertz CT molecular complexity index is 391. The second kappa shape index (κ2) is 5.25. The molecule has 1 N–H and O–H groups in total. The highest BCUT2D eigenvalue weighted by atomic mass is 16.6. The van der Waals surface area contributed by atoms with Gasteiger partial charge in [0.25, 0.3) is 5.69 Å². The molecule has 0 bridgehead atoms. The second-order valence-electron chi connectivity index (χ2n) is 4.28. The zero-order valence-corrected chi connectivity index (χ0v) is 9.76. The van der Waals surface area contributed by atoms with E-state index in [1.165, 1.54) is 0 Å². The fourth-order valence-corrected chi connectivity index (χ4v) is 2.34. The molecule has 0 saturated carbocycles. The molecule has 0 spiro atoms. The van der Waals surface area contributed by atoms with Crippen molar-refractivity contribution in [3.63, 3.8) is 0 Å². The van der Waals surface area contributed by atoms with Crippen LogP contribution in [0, 0.1) is 16.0 Å². The first-order valence-electron chi connectivity index (χ1n) is 5.69. The molecule has 2 atom stereocenters. The molecule has 2 unspecified atom stereocenters.